The van der Waals surface area contributed by atoms with E-state index in [1.165, 1.54) is 42.1 Å². The van der Waals surface area contributed by atoms with Crippen LogP contribution >= 0.6 is 11.3 Å². The van der Waals surface area contributed by atoms with Gasteiger partial charge in [-0.1, -0.05) is 97.1 Å². The molecule has 3 aromatic heterocycles. The minimum absolute atomic E-state index is 0.864. The number of nitrogens with zero attached hydrogens (tertiary/aromatic N) is 1. The molecule has 0 aliphatic carbocycles. The molecule has 0 saturated carbocycles. The molecule has 0 bridgehead atoms. The molecule has 0 aliphatic rings. The van der Waals surface area contributed by atoms with Gasteiger partial charge in [0.05, 0.1) is 0 Å². The molecule has 0 fully saturated rings. The lowest BCUT2D eigenvalue weighted by atomic mass is 10.0. The predicted molar refractivity (Wildman–Crippen MR) is 212 cm³/mol. The Hall–Kier alpha value is -6.36. The molecule has 0 spiro atoms. The van der Waals surface area contributed by atoms with Gasteiger partial charge in [0.25, 0.3) is 0 Å². The Kier molecular flexibility index (Phi) is 5.83. The highest BCUT2D eigenvalue weighted by Gasteiger charge is 2.20. The van der Waals surface area contributed by atoms with E-state index in [4.69, 9.17) is 8.83 Å². The highest BCUT2D eigenvalue weighted by molar-refractivity contribution is 7.27. The molecule has 8 aromatic carbocycles. The van der Waals surface area contributed by atoms with E-state index in [-0.39, 0.29) is 0 Å². The van der Waals surface area contributed by atoms with Crippen molar-refractivity contribution in [2.45, 2.75) is 0 Å². The molecule has 234 valence electrons. The normalized spacial score (nSPS) is 12.0. The van der Waals surface area contributed by atoms with Crippen LogP contribution < -0.4 is 4.90 Å². The molecule has 11 aromatic rings. The fourth-order valence-electron chi connectivity index (χ4n) is 7.72. The topological polar surface area (TPSA) is 29.5 Å². The van der Waals surface area contributed by atoms with Gasteiger partial charge in [-0.2, -0.15) is 0 Å². The van der Waals surface area contributed by atoms with Gasteiger partial charge in [-0.3, -0.25) is 0 Å². The van der Waals surface area contributed by atoms with Crippen LogP contribution in [0.1, 0.15) is 0 Å². The molecule has 11 rings (SSSR count). The third-order valence-electron chi connectivity index (χ3n) is 10.1. The number of para-hydroxylation sites is 1. The highest BCUT2D eigenvalue weighted by Crippen LogP contribution is 2.46. The van der Waals surface area contributed by atoms with Crippen LogP contribution in [0.4, 0.5) is 17.1 Å². The summed E-state index contributed by atoms with van der Waals surface area (Å²) in [7, 11) is 0. The van der Waals surface area contributed by atoms with Crippen LogP contribution in [0.15, 0.2) is 173 Å². The van der Waals surface area contributed by atoms with Gasteiger partial charge in [0.1, 0.15) is 22.3 Å². The van der Waals surface area contributed by atoms with Crippen LogP contribution in [0, 0.1) is 0 Å². The number of fused-ring (bicyclic) bond motifs is 12. The maximum Gasteiger partial charge on any atom is 0.137 e. The lowest BCUT2D eigenvalue weighted by Gasteiger charge is -2.25. The first-order chi connectivity index (χ1) is 24.8. The minimum atomic E-state index is 0.864. The quantitative estimate of drug-likeness (QED) is 0.189. The van der Waals surface area contributed by atoms with E-state index in [0.29, 0.717) is 0 Å². The number of rotatable bonds is 4. The first-order valence-corrected chi connectivity index (χ1v) is 17.6. The van der Waals surface area contributed by atoms with Gasteiger partial charge in [0.2, 0.25) is 0 Å². The molecule has 0 radical (unpaired) electrons. The summed E-state index contributed by atoms with van der Waals surface area (Å²) in [5.74, 6) is 0. The summed E-state index contributed by atoms with van der Waals surface area (Å²) in [5, 5.41) is 9.58. The molecule has 50 heavy (non-hydrogen) atoms. The fraction of sp³-hybridized carbons (Fsp3) is 0. The van der Waals surface area contributed by atoms with Crippen molar-refractivity contribution in [3.63, 3.8) is 0 Å². The monoisotopic (exact) mass is 657 g/mol. The Balaban J connectivity index is 1.15. The average Bonchev–Trinajstić information content (AvgIpc) is 3.86. The van der Waals surface area contributed by atoms with Crippen LogP contribution in [0.5, 0.6) is 0 Å². The number of thiophene rings is 1. The molecule has 0 aliphatic heterocycles. The van der Waals surface area contributed by atoms with E-state index in [9.17, 15) is 0 Å². The van der Waals surface area contributed by atoms with E-state index >= 15 is 0 Å². The van der Waals surface area contributed by atoms with Crippen LogP contribution in [0.3, 0.4) is 0 Å². The van der Waals surface area contributed by atoms with Crippen molar-refractivity contribution in [3.8, 4) is 11.1 Å². The fourth-order valence-corrected chi connectivity index (χ4v) is 8.97. The van der Waals surface area contributed by atoms with E-state index in [0.717, 1.165) is 60.9 Å². The van der Waals surface area contributed by atoms with Crippen molar-refractivity contribution in [2.24, 2.45) is 0 Å². The zero-order valence-corrected chi connectivity index (χ0v) is 27.6. The minimum Gasteiger partial charge on any atom is -0.456 e. The van der Waals surface area contributed by atoms with Crippen LogP contribution in [0.25, 0.3) is 85.9 Å². The van der Waals surface area contributed by atoms with Crippen LogP contribution in [-0.4, -0.2) is 0 Å². The van der Waals surface area contributed by atoms with E-state index in [1.54, 1.807) is 0 Å². The van der Waals surface area contributed by atoms with Gasteiger partial charge in [-0.05, 0) is 82.6 Å². The molecule has 0 amide bonds. The number of anilines is 3. The van der Waals surface area contributed by atoms with Gasteiger partial charge in [0.15, 0.2) is 0 Å². The molecule has 3 heterocycles. The number of hydrogen-bond acceptors (Lipinski definition) is 4. The third kappa shape index (κ3) is 4.09. The van der Waals surface area contributed by atoms with E-state index < -0.39 is 0 Å². The van der Waals surface area contributed by atoms with Crippen molar-refractivity contribution in [1.82, 2.24) is 0 Å². The predicted octanol–water partition coefficient (Wildman–Crippen LogP) is 14.1. The SMILES string of the molecule is c1ccc(-c2ccc(N(c3ccc4c(c3)oc3ccccc34)c3ccc4oc5ccc6sc7c8ccccc8ccc7c6c5c4c3)cc2)cc1. The molecular weight excluding hydrogens is 631 g/mol. The van der Waals surface area contributed by atoms with Crippen LogP contribution in [0.2, 0.25) is 0 Å². The Morgan fingerprint density at radius 1 is 0.380 bits per heavy atom. The van der Waals surface area contributed by atoms with E-state index in [2.05, 4.69) is 157 Å². The summed E-state index contributed by atoms with van der Waals surface area (Å²) in [6, 6.07) is 58.2. The van der Waals surface area contributed by atoms with Gasteiger partial charge >= 0.3 is 0 Å². The summed E-state index contributed by atoms with van der Waals surface area (Å²) in [6.07, 6.45) is 0. The average molecular weight is 658 g/mol. The molecule has 0 saturated heterocycles. The van der Waals surface area contributed by atoms with Crippen molar-refractivity contribution in [3.05, 3.63) is 164 Å². The van der Waals surface area contributed by atoms with Crippen LogP contribution in [-0.2, 0) is 0 Å². The van der Waals surface area contributed by atoms with Gasteiger partial charge in [0, 0.05) is 64.8 Å². The van der Waals surface area contributed by atoms with Crippen molar-refractivity contribution >= 4 is 103 Å². The standard InChI is InChI=1S/C46H27NO2S/c1-2-8-28(9-3-1)29-14-17-31(18-15-29)47(33-19-22-36-35-12-6-7-13-39(35)49-42(36)27-33)32-20-23-40-38(26-32)44-41(48-40)24-25-43-45(44)37-21-16-30-10-4-5-11-34(30)46(37)50-43/h1-27H. The molecule has 0 unspecified atom stereocenters. The number of benzene rings is 8. The smallest absolute Gasteiger partial charge is 0.137 e. The van der Waals surface area contributed by atoms with Crippen molar-refractivity contribution < 1.29 is 8.83 Å². The number of hydrogen-bond donors (Lipinski definition) is 0. The molecular formula is C46H27NO2S. The molecule has 0 N–H and O–H groups in total. The van der Waals surface area contributed by atoms with E-state index in [1.807, 2.05) is 23.5 Å². The zero-order chi connectivity index (χ0) is 32.8. The van der Waals surface area contributed by atoms with Gasteiger partial charge in [-0.25, -0.2) is 0 Å². The van der Waals surface area contributed by atoms with Gasteiger partial charge in [-0.15, -0.1) is 11.3 Å². The second kappa shape index (κ2) is 10.6. The molecule has 3 nitrogen and oxygen atoms in total. The van der Waals surface area contributed by atoms with Crippen molar-refractivity contribution in [1.29, 1.82) is 0 Å². The maximum absolute atomic E-state index is 6.54. The summed E-state index contributed by atoms with van der Waals surface area (Å²) in [5.41, 5.74) is 9.04. The highest BCUT2D eigenvalue weighted by atomic mass is 32.1. The Morgan fingerprint density at radius 2 is 1.02 bits per heavy atom. The largest absolute Gasteiger partial charge is 0.456 e. The van der Waals surface area contributed by atoms with Crippen molar-refractivity contribution in [2.75, 3.05) is 4.90 Å². The molecule has 4 heteroatoms. The Bertz CT molecular complexity index is 3090. The zero-order valence-electron chi connectivity index (χ0n) is 26.8. The second-order valence-electron chi connectivity index (χ2n) is 12.9. The Labute approximate surface area is 290 Å². The van der Waals surface area contributed by atoms with Gasteiger partial charge < -0.3 is 13.7 Å². The summed E-state index contributed by atoms with van der Waals surface area (Å²) >= 11 is 1.86. The summed E-state index contributed by atoms with van der Waals surface area (Å²) in [4.78, 5) is 2.32. The first-order valence-electron chi connectivity index (χ1n) is 16.8. The lowest BCUT2D eigenvalue weighted by molar-refractivity contribution is 0.668. The first kappa shape index (κ1) is 27.6. The maximum atomic E-state index is 6.54. The molecule has 0 atom stereocenters. The second-order valence-corrected chi connectivity index (χ2v) is 13.9. The lowest BCUT2D eigenvalue weighted by Crippen LogP contribution is -2.09. The summed E-state index contributed by atoms with van der Waals surface area (Å²) < 4.78 is 15.5. The number of furan rings is 2. The third-order valence-corrected chi connectivity index (χ3v) is 11.3. The summed E-state index contributed by atoms with van der Waals surface area (Å²) in [6.45, 7) is 0. The Morgan fingerprint density at radius 3 is 1.92 bits per heavy atom.